The third-order valence-electron chi connectivity index (χ3n) is 2.86. The third-order valence-corrected chi connectivity index (χ3v) is 3.29. The lowest BCUT2D eigenvalue weighted by Gasteiger charge is -2.07. The van der Waals surface area contributed by atoms with Crippen LogP contribution in [0, 0.1) is 0 Å². The summed E-state index contributed by atoms with van der Waals surface area (Å²) in [5, 5.41) is 3.63. The van der Waals surface area contributed by atoms with Crippen LogP contribution in [0.4, 0.5) is 5.69 Å². The Balaban J connectivity index is 2.01. The van der Waals surface area contributed by atoms with E-state index in [-0.39, 0.29) is 5.91 Å². The van der Waals surface area contributed by atoms with E-state index < -0.39 is 0 Å². The maximum Gasteiger partial charge on any atom is 0.256 e. The number of fused-ring (bicyclic) bond motifs is 1. The van der Waals surface area contributed by atoms with Crippen molar-refractivity contribution in [2.75, 3.05) is 5.32 Å². The van der Waals surface area contributed by atoms with Gasteiger partial charge in [0.1, 0.15) is 0 Å². The molecule has 2 aromatic heterocycles. The molecule has 1 aromatic carbocycles. The molecule has 0 saturated carbocycles. The second-order valence-corrected chi connectivity index (χ2v) is 5.14. The van der Waals surface area contributed by atoms with Crippen LogP contribution in [0.5, 0.6) is 0 Å². The Bertz CT molecular complexity index is 774. The van der Waals surface area contributed by atoms with Crippen molar-refractivity contribution >= 4 is 38.4 Å². The van der Waals surface area contributed by atoms with Crippen LogP contribution in [0.25, 0.3) is 10.9 Å². The molecule has 5 heteroatoms. The first kappa shape index (κ1) is 12.7. The van der Waals surface area contributed by atoms with Gasteiger partial charge in [0.25, 0.3) is 5.91 Å². The summed E-state index contributed by atoms with van der Waals surface area (Å²) in [5.74, 6) is -0.177. The molecule has 4 nitrogen and oxygen atoms in total. The van der Waals surface area contributed by atoms with Crippen molar-refractivity contribution in [3.05, 3.63) is 65.0 Å². The first-order valence-corrected chi connectivity index (χ1v) is 6.79. The summed E-state index contributed by atoms with van der Waals surface area (Å²) in [6.07, 6.45) is 4.98. The van der Waals surface area contributed by atoms with Gasteiger partial charge in [-0.25, -0.2) is 0 Å². The van der Waals surface area contributed by atoms with Crippen LogP contribution < -0.4 is 5.32 Å². The van der Waals surface area contributed by atoms with E-state index in [1.165, 1.54) is 0 Å². The summed E-state index contributed by atoms with van der Waals surface area (Å²) >= 11 is 3.38. The number of hydrogen-bond donors (Lipinski definition) is 1. The molecule has 0 bridgehead atoms. The highest BCUT2D eigenvalue weighted by Gasteiger charge is 2.11. The summed E-state index contributed by atoms with van der Waals surface area (Å²) in [7, 11) is 0. The molecule has 3 rings (SSSR count). The van der Waals surface area contributed by atoms with Gasteiger partial charge in [-0.15, -0.1) is 0 Å². The van der Waals surface area contributed by atoms with Gasteiger partial charge in [0, 0.05) is 27.8 Å². The highest BCUT2D eigenvalue weighted by atomic mass is 79.9. The predicted octanol–water partition coefficient (Wildman–Crippen LogP) is 3.64. The van der Waals surface area contributed by atoms with Crippen molar-refractivity contribution in [2.45, 2.75) is 0 Å². The molecule has 0 aliphatic heterocycles. The monoisotopic (exact) mass is 327 g/mol. The Morgan fingerprint density at radius 1 is 1.15 bits per heavy atom. The number of pyridine rings is 2. The number of carbonyl (C=O) groups is 1. The zero-order chi connectivity index (χ0) is 13.9. The highest BCUT2D eigenvalue weighted by molar-refractivity contribution is 9.10. The molecule has 1 N–H and O–H groups in total. The van der Waals surface area contributed by atoms with Crippen LogP contribution in [0.15, 0.2) is 59.5 Å². The van der Waals surface area contributed by atoms with Crippen molar-refractivity contribution in [3.63, 3.8) is 0 Å². The van der Waals surface area contributed by atoms with Gasteiger partial charge >= 0.3 is 0 Å². The van der Waals surface area contributed by atoms with Gasteiger partial charge in [0.15, 0.2) is 0 Å². The summed E-state index contributed by atoms with van der Waals surface area (Å²) in [4.78, 5) is 20.6. The van der Waals surface area contributed by atoms with Crippen LogP contribution >= 0.6 is 15.9 Å². The van der Waals surface area contributed by atoms with E-state index in [0.717, 1.165) is 15.4 Å². The quantitative estimate of drug-likeness (QED) is 0.781. The summed E-state index contributed by atoms with van der Waals surface area (Å²) in [6, 6.07) is 10.9. The second-order valence-electron chi connectivity index (χ2n) is 4.22. The minimum absolute atomic E-state index is 0.177. The standard InChI is InChI=1S/C15H10BrN3O/c16-10-7-13-12(4-1-5-14(13)18-8-10)15(20)19-11-3-2-6-17-9-11/h1-9H,(H,19,20). The molecule has 0 aliphatic carbocycles. The van der Waals surface area contributed by atoms with E-state index in [1.54, 1.807) is 36.8 Å². The van der Waals surface area contributed by atoms with Gasteiger partial charge in [-0.1, -0.05) is 6.07 Å². The number of rotatable bonds is 2. The van der Waals surface area contributed by atoms with Crippen molar-refractivity contribution in [1.29, 1.82) is 0 Å². The zero-order valence-corrected chi connectivity index (χ0v) is 12.0. The molecule has 0 saturated heterocycles. The fourth-order valence-electron chi connectivity index (χ4n) is 1.96. The predicted molar refractivity (Wildman–Crippen MR) is 81.6 cm³/mol. The van der Waals surface area contributed by atoms with E-state index in [9.17, 15) is 4.79 Å². The molecular formula is C15H10BrN3O. The molecule has 0 atom stereocenters. The van der Waals surface area contributed by atoms with Gasteiger partial charge in [0.05, 0.1) is 17.4 Å². The number of halogens is 1. The average molecular weight is 328 g/mol. The number of amides is 1. The Labute approximate surface area is 124 Å². The van der Waals surface area contributed by atoms with E-state index in [0.29, 0.717) is 11.3 Å². The molecular weight excluding hydrogens is 318 g/mol. The molecule has 3 aromatic rings. The highest BCUT2D eigenvalue weighted by Crippen LogP contribution is 2.21. The summed E-state index contributed by atoms with van der Waals surface area (Å²) in [5.41, 5.74) is 2.03. The minimum atomic E-state index is -0.177. The molecule has 1 amide bonds. The molecule has 20 heavy (non-hydrogen) atoms. The largest absolute Gasteiger partial charge is 0.321 e. The van der Waals surface area contributed by atoms with Gasteiger partial charge in [-0.05, 0) is 46.3 Å². The number of hydrogen-bond acceptors (Lipinski definition) is 3. The zero-order valence-electron chi connectivity index (χ0n) is 10.4. The van der Waals surface area contributed by atoms with E-state index in [4.69, 9.17) is 0 Å². The Kier molecular flexibility index (Phi) is 3.43. The number of nitrogens with zero attached hydrogens (tertiary/aromatic N) is 2. The number of aromatic nitrogens is 2. The van der Waals surface area contributed by atoms with E-state index in [1.807, 2.05) is 18.2 Å². The lowest BCUT2D eigenvalue weighted by Crippen LogP contribution is -2.12. The van der Waals surface area contributed by atoms with Crippen LogP contribution in [0.1, 0.15) is 10.4 Å². The normalized spacial score (nSPS) is 10.4. The van der Waals surface area contributed by atoms with Crippen LogP contribution in [0.3, 0.4) is 0 Å². The van der Waals surface area contributed by atoms with Crippen molar-refractivity contribution in [2.24, 2.45) is 0 Å². The maximum absolute atomic E-state index is 12.4. The first-order valence-electron chi connectivity index (χ1n) is 6.00. The average Bonchev–Trinajstić information content (AvgIpc) is 2.47. The molecule has 0 spiro atoms. The van der Waals surface area contributed by atoms with Gasteiger partial charge in [-0.2, -0.15) is 0 Å². The number of nitrogens with one attached hydrogen (secondary N) is 1. The number of benzene rings is 1. The molecule has 0 unspecified atom stereocenters. The molecule has 0 fully saturated rings. The van der Waals surface area contributed by atoms with Gasteiger partial charge < -0.3 is 5.32 Å². The number of anilines is 1. The van der Waals surface area contributed by atoms with E-state index in [2.05, 4.69) is 31.2 Å². The smallest absolute Gasteiger partial charge is 0.256 e. The van der Waals surface area contributed by atoms with Gasteiger partial charge in [0.2, 0.25) is 0 Å². The van der Waals surface area contributed by atoms with Crippen molar-refractivity contribution < 1.29 is 4.79 Å². The molecule has 2 heterocycles. The van der Waals surface area contributed by atoms with Gasteiger partial charge in [-0.3, -0.25) is 14.8 Å². The molecule has 98 valence electrons. The fraction of sp³-hybridized carbons (Fsp3) is 0. The van der Waals surface area contributed by atoms with Crippen molar-refractivity contribution in [3.8, 4) is 0 Å². The summed E-state index contributed by atoms with van der Waals surface area (Å²) < 4.78 is 0.839. The van der Waals surface area contributed by atoms with Crippen LogP contribution in [-0.4, -0.2) is 15.9 Å². The van der Waals surface area contributed by atoms with E-state index >= 15 is 0 Å². The SMILES string of the molecule is O=C(Nc1cccnc1)c1cccc2ncc(Br)cc12. The Morgan fingerprint density at radius 3 is 2.85 bits per heavy atom. The van der Waals surface area contributed by atoms with Crippen LogP contribution in [0.2, 0.25) is 0 Å². The minimum Gasteiger partial charge on any atom is -0.321 e. The lowest BCUT2D eigenvalue weighted by molar-refractivity contribution is 0.102. The van der Waals surface area contributed by atoms with Crippen molar-refractivity contribution in [1.82, 2.24) is 9.97 Å². The summed E-state index contributed by atoms with van der Waals surface area (Å²) in [6.45, 7) is 0. The molecule has 0 radical (unpaired) electrons. The number of carbonyl (C=O) groups excluding carboxylic acids is 1. The lowest BCUT2D eigenvalue weighted by atomic mass is 10.1. The molecule has 0 aliphatic rings. The first-order chi connectivity index (χ1) is 9.74. The fourth-order valence-corrected chi connectivity index (χ4v) is 2.29. The van der Waals surface area contributed by atoms with Crippen LogP contribution in [-0.2, 0) is 0 Å². The Hall–Kier alpha value is -2.27. The third kappa shape index (κ3) is 2.53. The maximum atomic E-state index is 12.4. The Morgan fingerprint density at radius 2 is 2.05 bits per heavy atom. The topological polar surface area (TPSA) is 54.9 Å². The second kappa shape index (κ2) is 5.38.